The van der Waals surface area contributed by atoms with E-state index in [0.29, 0.717) is 12.1 Å². The Bertz CT molecular complexity index is 807. The number of hydrogen-bond donors (Lipinski definition) is 0. The molecule has 1 aliphatic carbocycles. The predicted octanol–water partition coefficient (Wildman–Crippen LogP) is 3.99. The van der Waals surface area contributed by atoms with Crippen molar-refractivity contribution >= 4 is 21.6 Å². The molecule has 2 aromatic heterocycles. The molecule has 4 nitrogen and oxygen atoms in total. The minimum Gasteiger partial charge on any atom is -0.299 e. The Hall–Kier alpha value is -1.20. The number of thiophene rings is 1. The Morgan fingerprint density at radius 2 is 2.08 bits per heavy atom. The molecular weight excluding hydrogens is 330 g/mol. The van der Waals surface area contributed by atoms with Crippen LogP contribution in [0.2, 0.25) is 0 Å². The average molecular weight is 360 g/mol. The first-order valence-corrected chi connectivity index (χ1v) is 10.7. The first-order valence-electron chi connectivity index (χ1n) is 9.90. The van der Waals surface area contributed by atoms with Gasteiger partial charge in [-0.15, -0.1) is 11.3 Å². The normalized spacial score (nSPS) is 21.8. The summed E-state index contributed by atoms with van der Waals surface area (Å²) in [7, 11) is 0. The van der Waals surface area contributed by atoms with E-state index >= 15 is 0 Å². The number of rotatable bonds is 4. The summed E-state index contributed by atoms with van der Waals surface area (Å²) in [6.45, 7) is 6.57. The van der Waals surface area contributed by atoms with Gasteiger partial charge in [-0.25, -0.2) is 4.98 Å². The minimum absolute atomic E-state index is 0.191. The van der Waals surface area contributed by atoms with E-state index < -0.39 is 0 Å². The average Bonchev–Trinajstić information content (AvgIpc) is 3.00. The van der Waals surface area contributed by atoms with Crippen molar-refractivity contribution in [2.45, 2.75) is 83.8 Å². The molecule has 5 heteroatoms. The van der Waals surface area contributed by atoms with Crippen LogP contribution < -0.4 is 5.56 Å². The maximum atomic E-state index is 13.1. The highest BCUT2D eigenvalue weighted by Gasteiger charge is 2.25. The molecule has 0 aromatic carbocycles. The summed E-state index contributed by atoms with van der Waals surface area (Å²) in [6.07, 6.45) is 11.4. The van der Waals surface area contributed by atoms with Crippen LogP contribution in [0.25, 0.3) is 10.2 Å². The largest absolute Gasteiger partial charge is 0.299 e. The maximum Gasteiger partial charge on any atom is 0.262 e. The van der Waals surface area contributed by atoms with Crippen LogP contribution >= 0.6 is 11.3 Å². The molecule has 0 spiro atoms. The lowest BCUT2D eigenvalue weighted by molar-refractivity contribution is 0.102. The van der Waals surface area contributed by atoms with E-state index in [-0.39, 0.29) is 5.56 Å². The highest BCUT2D eigenvalue weighted by molar-refractivity contribution is 7.18. The summed E-state index contributed by atoms with van der Waals surface area (Å²) >= 11 is 1.74. The summed E-state index contributed by atoms with van der Waals surface area (Å²) in [6, 6.07) is 1.19. The van der Waals surface area contributed by atoms with Gasteiger partial charge in [-0.2, -0.15) is 0 Å². The highest BCUT2D eigenvalue weighted by Crippen LogP contribution is 2.33. The topological polar surface area (TPSA) is 38.1 Å². The molecule has 1 fully saturated rings. The second-order valence-electron chi connectivity index (χ2n) is 7.90. The molecule has 25 heavy (non-hydrogen) atoms. The number of nitrogens with zero attached hydrogens (tertiary/aromatic N) is 3. The number of piperidine rings is 1. The molecule has 3 heterocycles. The Labute approximate surface area is 153 Å². The van der Waals surface area contributed by atoms with Crippen LogP contribution in [0.1, 0.15) is 62.8 Å². The lowest BCUT2D eigenvalue weighted by Crippen LogP contribution is -2.44. The molecule has 0 radical (unpaired) electrons. The van der Waals surface area contributed by atoms with Gasteiger partial charge >= 0.3 is 0 Å². The zero-order valence-electron chi connectivity index (χ0n) is 15.5. The van der Waals surface area contributed by atoms with Crippen LogP contribution in [0, 0.1) is 0 Å². The van der Waals surface area contributed by atoms with E-state index in [4.69, 9.17) is 0 Å². The highest BCUT2D eigenvalue weighted by atomic mass is 32.1. The molecule has 0 N–H and O–H groups in total. The van der Waals surface area contributed by atoms with Crippen LogP contribution in [0.5, 0.6) is 0 Å². The molecule has 136 valence electrons. The fourth-order valence-electron chi connectivity index (χ4n) is 4.64. The van der Waals surface area contributed by atoms with Crippen molar-refractivity contribution in [3.63, 3.8) is 0 Å². The van der Waals surface area contributed by atoms with Crippen molar-refractivity contribution in [1.29, 1.82) is 0 Å². The lowest BCUT2D eigenvalue weighted by Gasteiger charge is -2.38. The molecule has 0 unspecified atom stereocenters. The van der Waals surface area contributed by atoms with Crippen molar-refractivity contribution in [1.82, 2.24) is 14.5 Å². The van der Waals surface area contributed by atoms with Gasteiger partial charge in [0.1, 0.15) is 4.83 Å². The van der Waals surface area contributed by atoms with Crippen LogP contribution in [0.15, 0.2) is 11.1 Å². The van der Waals surface area contributed by atoms with Gasteiger partial charge in [0.2, 0.25) is 0 Å². The number of hydrogen-bond acceptors (Lipinski definition) is 4. The van der Waals surface area contributed by atoms with Gasteiger partial charge in [0.25, 0.3) is 5.56 Å². The van der Waals surface area contributed by atoms with E-state index in [1.807, 2.05) is 4.57 Å². The standard InChI is InChI=1S/C20H29N3OS/c1-14(2)23-11-6-5-7-15(23)10-12-22-13-21-19-18(20(22)24)16-8-3-4-9-17(16)25-19/h13-15H,3-12H2,1-2H3/t15-/m0/s1. The monoisotopic (exact) mass is 359 g/mol. The van der Waals surface area contributed by atoms with Crippen molar-refractivity contribution < 1.29 is 0 Å². The molecule has 2 aliphatic rings. The smallest absolute Gasteiger partial charge is 0.262 e. The maximum absolute atomic E-state index is 13.1. The van der Waals surface area contributed by atoms with Gasteiger partial charge in [0.15, 0.2) is 0 Å². The predicted molar refractivity (Wildman–Crippen MR) is 105 cm³/mol. The SMILES string of the molecule is CC(C)N1CCCC[C@H]1CCn1cnc2sc3c(c2c1=O)CCCC3. The van der Waals surface area contributed by atoms with Crippen LogP contribution in [-0.4, -0.2) is 33.1 Å². The quantitative estimate of drug-likeness (QED) is 0.828. The minimum atomic E-state index is 0.191. The third-order valence-electron chi connectivity index (χ3n) is 5.98. The van der Waals surface area contributed by atoms with Crippen molar-refractivity contribution in [2.75, 3.05) is 6.54 Å². The number of likely N-dealkylation sites (tertiary alicyclic amines) is 1. The van der Waals surface area contributed by atoms with Gasteiger partial charge < -0.3 is 0 Å². The summed E-state index contributed by atoms with van der Waals surface area (Å²) < 4.78 is 1.87. The molecule has 1 saturated heterocycles. The van der Waals surface area contributed by atoms with Crippen molar-refractivity contribution in [3.05, 3.63) is 27.1 Å². The fraction of sp³-hybridized carbons (Fsp3) is 0.700. The van der Waals surface area contributed by atoms with Crippen molar-refractivity contribution in [2.24, 2.45) is 0 Å². The third-order valence-corrected chi connectivity index (χ3v) is 7.18. The van der Waals surface area contributed by atoms with Gasteiger partial charge in [-0.3, -0.25) is 14.3 Å². The van der Waals surface area contributed by atoms with Gasteiger partial charge in [0.05, 0.1) is 11.7 Å². The molecule has 0 saturated carbocycles. The van der Waals surface area contributed by atoms with E-state index in [9.17, 15) is 4.79 Å². The Morgan fingerprint density at radius 1 is 1.24 bits per heavy atom. The third kappa shape index (κ3) is 3.28. The lowest BCUT2D eigenvalue weighted by atomic mass is 9.97. The van der Waals surface area contributed by atoms with Gasteiger partial charge in [-0.1, -0.05) is 6.42 Å². The summed E-state index contributed by atoms with van der Waals surface area (Å²) in [5.74, 6) is 0. The van der Waals surface area contributed by atoms with Crippen LogP contribution in [0.4, 0.5) is 0 Å². The first-order chi connectivity index (χ1) is 12.1. The summed E-state index contributed by atoms with van der Waals surface area (Å²) in [5.41, 5.74) is 1.50. The van der Waals surface area contributed by atoms with Gasteiger partial charge in [0, 0.05) is 23.5 Å². The Kier molecular flexibility index (Phi) is 4.96. The summed E-state index contributed by atoms with van der Waals surface area (Å²) in [5, 5.41) is 0.923. The first kappa shape index (κ1) is 17.2. The van der Waals surface area contributed by atoms with Gasteiger partial charge in [-0.05, 0) is 70.9 Å². The molecule has 4 rings (SSSR count). The number of aromatic nitrogens is 2. The molecule has 1 aliphatic heterocycles. The number of aryl methyl sites for hydroxylation is 3. The molecule has 2 aromatic rings. The zero-order valence-corrected chi connectivity index (χ0v) is 16.3. The van der Waals surface area contributed by atoms with Crippen molar-refractivity contribution in [3.8, 4) is 0 Å². The van der Waals surface area contributed by atoms with E-state index in [1.54, 1.807) is 17.7 Å². The summed E-state index contributed by atoms with van der Waals surface area (Å²) in [4.78, 5) is 22.7. The molecule has 0 amide bonds. The second kappa shape index (κ2) is 7.20. The van der Waals surface area contributed by atoms with Crippen LogP contribution in [0.3, 0.4) is 0 Å². The molecule has 1 atom stereocenters. The molecule has 0 bridgehead atoms. The fourth-order valence-corrected chi connectivity index (χ4v) is 5.86. The van der Waals surface area contributed by atoms with E-state index in [2.05, 4.69) is 23.7 Å². The second-order valence-corrected chi connectivity index (χ2v) is 8.99. The zero-order chi connectivity index (χ0) is 17.4. The van der Waals surface area contributed by atoms with E-state index in [0.717, 1.165) is 36.0 Å². The Morgan fingerprint density at radius 3 is 2.92 bits per heavy atom. The molecular formula is C20H29N3OS. The van der Waals surface area contributed by atoms with E-state index in [1.165, 1.54) is 49.1 Å². The van der Waals surface area contributed by atoms with Crippen LogP contribution in [-0.2, 0) is 19.4 Å². The number of fused-ring (bicyclic) bond motifs is 3. The Balaban J connectivity index is 1.57.